The largest absolute Gasteiger partial charge is 0.0882 e. The van der Waals surface area contributed by atoms with Crippen LogP contribution in [0.2, 0.25) is 0 Å². The number of rotatable bonds is 0. The maximum atomic E-state index is 2.22. The number of fused-ring (bicyclic) bond motifs is 1. The summed E-state index contributed by atoms with van der Waals surface area (Å²) in [6.45, 7) is 0. The van der Waals surface area contributed by atoms with Crippen molar-refractivity contribution in [2.75, 3.05) is 0 Å². The van der Waals surface area contributed by atoms with Crippen LogP contribution in [0.3, 0.4) is 0 Å². The summed E-state index contributed by atoms with van der Waals surface area (Å²) in [6, 6.07) is 21.8. The molecule has 0 aliphatic carbocycles. The van der Waals surface area contributed by atoms with Gasteiger partial charge in [-0.25, -0.2) is 0 Å². The molecule has 0 radical (unpaired) electrons. The molecule has 3 aromatic rings. The maximum Gasteiger partial charge on any atom is 0.0262 e. The highest BCUT2D eigenvalue weighted by atomic mass is 32.2. The van der Waals surface area contributed by atoms with E-state index in [1.165, 1.54) is 30.4 Å². The molecule has 1 aliphatic rings. The van der Waals surface area contributed by atoms with E-state index in [4.69, 9.17) is 0 Å². The molecule has 3 aromatic carbocycles. The van der Waals surface area contributed by atoms with Crippen LogP contribution < -0.4 is 0 Å². The fourth-order valence-corrected chi connectivity index (χ4v) is 4.67. The van der Waals surface area contributed by atoms with Gasteiger partial charge >= 0.3 is 0 Å². The molecule has 0 atom stereocenters. The average Bonchev–Trinajstić information content (AvgIpc) is 2.57. The Bertz CT molecular complexity index is 687. The van der Waals surface area contributed by atoms with Crippen molar-refractivity contribution in [2.45, 2.75) is 19.6 Å². The second-order valence-electron chi connectivity index (χ2n) is 4.26. The van der Waals surface area contributed by atoms with E-state index >= 15 is 0 Å². The third kappa shape index (κ3) is 1.57. The van der Waals surface area contributed by atoms with Crippen molar-refractivity contribution in [3.8, 4) is 0 Å². The zero-order valence-corrected chi connectivity index (χ0v) is 11.2. The van der Waals surface area contributed by atoms with Gasteiger partial charge in [-0.05, 0) is 29.7 Å². The van der Waals surface area contributed by atoms with Crippen molar-refractivity contribution in [3.05, 3.63) is 60.7 Å². The molecule has 0 fully saturated rings. The van der Waals surface area contributed by atoms with Crippen LogP contribution in [0.5, 0.6) is 0 Å². The van der Waals surface area contributed by atoms with E-state index in [0.717, 1.165) is 0 Å². The molecule has 0 spiro atoms. The van der Waals surface area contributed by atoms with Crippen LogP contribution in [0.25, 0.3) is 10.8 Å². The molecule has 2 heteroatoms. The SMILES string of the molecule is c1ccc2c(c1)Sc1cccc3cccc(c13)S2. The minimum Gasteiger partial charge on any atom is -0.0882 e. The van der Waals surface area contributed by atoms with Crippen LogP contribution >= 0.6 is 23.5 Å². The van der Waals surface area contributed by atoms with E-state index in [2.05, 4.69) is 60.7 Å². The molecule has 18 heavy (non-hydrogen) atoms. The van der Waals surface area contributed by atoms with Gasteiger partial charge in [-0.1, -0.05) is 59.9 Å². The van der Waals surface area contributed by atoms with Gasteiger partial charge in [0.2, 0.25) is 0 Å². The van der Waals surface area contributed by atoms with Crippen molar-refractivity contribution < 1.29 is 0 Å². The molecule has 1 aliphatic heterocycles. The van der Waals surface area contributed by atoms with Gasteiger partial charge in [0.05, 0.1) is 0 Å². The van der Waals surface area contributed by atoms with E-state index in [1.54, 1.807) is 0 Å². The van der Waals surface area contributed by atoms with Gasteiger partial charge in [-0.3, -0.25) is 0 Å². The Hall–Kier alpha value is -1.38. The number of hydrogen-bond donors (Lipinski definition) is 0. The zero-order valence-electron chi connectivity index (χ0n) is 9.59. The molecule has 4 rings (SSSR count). The molecule has 86 valence electrons. The lowest BCUT2D eigenvalue weighted by Gasteiger charge is -2.05. The topological polar surface area (TPSA) is 0 Å². The third-order valence-electron chi connectivity index (χ3n) is 3.12. The van der Waals surface area contributed by atoms with Crippen LogP contribution in [0.1, 0.15) is 0 Å². The lowest BCUT2D eigenvalue weighted by Crippen LogP contribution is -1.78. The fourth-order valence-electron chi connectivity index (χ4n) is 2.30. The van der Waals surface area contributed by atoms with Crippen LogP contribution in [0, 0.1) is 0 Å². The Morgan fingerprint density at radius 2 is 1.00 bits per heavy atom. The van der Waals surface area contributed by atoms with Crippen molar-refractivity contribution in [1.29, 1.82) is 0 Å². The predicted molar refractivity (Wildman–Crippen MR) is 78.6 cm³/mol. The Morgan fingerprint density at radius 1 is 0.500 bits per heavy atom. The van der Waals surface area contributed by atoms with E-state index in [-0.39, 0.29) is 0 Å². The van der Waals surface area contributed by atoms with Gasteiger partial charge in [0.1, 0.15) is 0 Å². The van der Waals surface area contributed by atoms with Crippen LogP contribution in [-0.2, 0) is 0 Å². The summed E-state index contributed by atoms with van der Waals surface area (Å²) in [5.74, 6) is 0. The summed E-state index contributed by atoms with van der Waals surface area (Å²) in [5.41, 5.74) is 0. The average molecular weight is 266 g/mol. The quantitative estimate of drug-likeness (QED) is 0.415. The lowest BCUT2D eigenvalue weighted by atomic mass is 10.1. The second-order valence-corrected chi connectivity index (χ2v) is 6.43. The zero-order chi connectivity index (χ0) is 11.9. The van der Waals surface area contributed by atoms with E-state index in [1.807, 2.05) is 23.5 Å². The summed E-state index contributed by atoms with van der Waals surface area (Å²) >= 11 is 3.75. The van der Waals surface area contributed by atoms with Crippen molar-refractivity contribution in [2.24, 2.45) is 0 Å². The summed E-state index contributed by atoms with van der Waals surface area (Å²) < 4.78 is 0. The molecule has 0 nitrogen and oxygen atoms in total. The normalized spacial score (nSPS) is 13.1. The highest BCUT2D eigenvalue weighted by molar-refractivity contribution is 8.03. The molecule has 0 unspecified atom stereocenters. The molecule has 1 heterocycles. The minimum absolute atomic E-state index is 1.33. The molecule has 0 amide bonds. The first-order valence-electron chi connectivity index (χ1n) is 5.88. The second kappa shape index (κ2) is 4.08. The van der Waals surface area contributed by atoms with Gasteiger partial charge in [-0.2, -0.15) is 0 Å². The van der Waals surface area contributed by atoms with Crippen molar-refractivity contribution in [3.63, 3.8) is 0 Å². The van der Waals surface area contributed by atoms with E-state index < -0.39 is 0 Å². The molecule has 0 bridgehead atoms. The molecular formula is C16H10S2. The van der Waals surface area contributed by atoms with Crippen LogP contribution in [0.15, 0.2) is 80.2 Å². The lowest BCUT2D eigenvalue weighted by molar-refractivity contribution is 1.25. The molecular weight excluding hydrogens is 256 g/mol. The molecule has 0 saturated heterocycles. The standard InChI is InChI=1S/C16H10S2/c1-2-8-13-12(7-1)17-14-9-3-5-11-6-4-10-15(18-13)16(11)14/h1-10H. The summed E-state index contributed by atoms with van der Waals surface area (Å²) in [5, 5.41) is 2.73. The first kappa shape index (κ1) is 10.5. The highest BCUT2D eigenvalue weighted by Gasteiger charge is 2.15. The summed E-state index contributed by atoms with van der Waals surface area (Å²) in [6.07, 6.45) is 0. The van der Waals surface area contributed by atoms with Gasteiger partial charge < -0.3 is 0 Å². The van der Waals surface area contributed by atoms with Crippen LogP contribution in [-0.4, -0.2) is 0 Å². The van der Waals surface area contributed by atoms with Crippen molar-refractivity contribution in [1.82, 2.24) is 0 Å². The van der Waals surface area contributed by atoms with E-state index in [0.29, 0.717) is 0 Å². The van der Waals surface area contributed by atoms with Gasteiger partial charge in [0.15, 0.2) is 0 Å². The van der Waals surface area contributed by atoms with Gasteiger partial charge in [0, 0.05) is 25.0 Å². The smallest absolute Gasteiger partial charge is 0.0262 e. The Balaban J connectivity index is 2.08. The van der Waals surface area contributed by atoms with Crippen molar-refractivity contribution >= 4 is 34.3 Å². The monoisotopic (exact) mass is 266 g/mol. The number of benzene rings is 3. The Morgan fingerprint density at radius 3 is 1.56 bits per heavy atom. The number of hydrogen-bond acceptors (Lipinski definition) is 2. The van der Waals surface area contributed by atoms with Gasteiger partial charge in [-0.15, -0.1) is 0 Å². The molecule has 0 saturated carbocycles. The first-order valence-corrected chi connectivity index (χ1v) is 7.51. The molecule has 0 N–H and O–H groups in total. The summed E-state index contributed by atoms with van der Waals surface area (Å²) in [4.78, 5) is 5.43. The first-order chi connectivity index (χ1) is 8.92. The van der Waals surface area contributed by atoms with Gasteiger partial charge in [0.25, 0.3) is 0 Å². The molecule has 0 aromatic heterocycles. The third-order valence-corrected chi connectivity index (χ3v) is 5.52. The Labute approximate surface area is 114 Å². The van der Waals surface area contributed by atoms with E-state index in [9.17, 15) is 0 Å². The fraction of sp³-hybridized carbons (Fsp3) is 0. The maximum absolute atomic E-state index is 2.22. The summed E-state index contributed by atoms with van der Waals surface area (Å²) in [7, 11) is 0. The van der Waals surface area contributed by atoms with Crippen LogP contribution in [0.4, 0.5) is 0 Å². The minimum atomic E-state index is 1.33. The highest BCUT2D eigenvalue weighted by Crippen LogP contribution is 2.47. The Kier molecular flexibility index (Phi) is 2.39. The predicted octanol–water partition coefficient (Wildman–Crippen LogP) is 5.46.